The van der Waals surface area contributed by atoms with Crippen molar-refractivity contribution < 1.29 is 4.79 Å². The molecule has 150 valence electrons. The Morgan fingerprint density at radius 1 is 1.07 bits per heavy atom. The van der Waals surface area contributed by atoms with Gasteiger partial charge in [0.1, 0.15) is 5.54 Å². The number of rotatable bonds is 4. The van der Waals surface area contributed by atoms with Gasteiger partial charge in [0, 0.05) is 10.7 Å². The van der Waals surface area contributed by atoms with Crippen LogP contribution < -0.4 is 10.6 Å². The van der Waals surface area contributed by atoms with Gasteiger partial charge in [-0.05, 0) is 60.0 Å². The quantitative estimate of drug-likeness (QED) is 0.658. The van der Waals surface area contributed by atoms with E-state index >= 15 is 0 Å². The minimum atomic E-state index is -0.643. The lowest BCUT2D eigenvalue weighted by molar-refractivity contribution is 0.204. The number of carbonyl (C=O) groups is 1. The molecule has 2 amide bonds. The Balaban J connectivity index is 1.68. The second-order valence-electron chi connectivity index (χ2n) is 7.39. The molecule has 8 heteroatoms. The molecule has 1 heterocycles. The van der Waals surface area contributed by atoms with Crippen molar-refractivity contribution in [3.05, 3.63) is 64.9 Å². The fourth-order valence-corrected chi connectivity index (χ4v) is 4.10. The van der Waals surface area contributed by atoms with Crippen molar-refractivity contribution >= 4 is 23.3 Å². The van der Waals surface area contributed by atoms with Crippen LogP contribution in [-0.4, -0.2) is 26.2 Å². The largest absolute Gasteiger partial charge is 0.325 e. The summed E-state index contributed by atoms with van der Waals surface area (Å²) in [6.07, 6.45) is 4.66. The highest BCUT2D eigenvalue weighted by molar-refractivity contribution is 6.31. The predicted molar refractivity (Wildman–Crippen MR) is 112 cm³/mol. The maximum atomic E-state index is 12.8. The summed E-state index contributed by atoms with van der Waals surface area (Å²) in [6, 6.07) is 14.8. The van der Waals surface area contributed by atoms with E-state index in [1.807, 2.05) is 55.5 Å². The zero-order valence-corrected chi connectivity index (χ0v) is 17.0. The van der Waals surface area contributed by atoms with Gasteiger partial charge in [0.2, 0.25) is 0 Å². The highest BCUT2D eigenvalue weighted by Gasteiger charge is 2.41. The molecule has 0 radical (unpaired) electrons. The van der Waals surface area contributed by atoms with Crippen LogP contribution in [0.15, 0.2) is 48.5 Å². The molecule has 1 aromatic heterocycles. The molecule has 1 aliphatic rings. The van der Waals surface area contributed by atoms with E-state index in [1.165, 1.54) is 0 Å². The van der Waals surface area contributed by atoms with Gasteiger partial charge >= 0.3 is 6.03 Å². The van der Waals surface area contributed by atoms with E-state index in [4.69, 9.17) is 11.6 Å². The third-order valence-electron chi connectivity index (χ3n) is 5.46. The van der Waals surface area contributed by atoms with Crippen LogP contribution in [0.5, 0.6) is 0 Å². The van der Waals surface area contributed by atoms with Crippen molar-refractivity contribution in [2.75, 3.05) is 5.32 Å². The standard InChI is InChI=1S/C21H23ClN6O/c1-15-17(22)11-8-12-18(15)28-19(25-26-27-28)21(13-6-3-7-14-21)24-20(29)23-16-9-4-2-5-10-16/h2,4-5,8-12H,3,6-7,13-14H2,1H3,(H2,23,24,29). The van der Waals surface area contributed by atoms with Crippen LogP contribution in [0.2, 0.25) is 5.02 Å². The fourth-order valence-electron chi connectivity index (χ4n) is 3.93. The summed E-state index contributed by atoms with van der Waals surface area (Å²) in [4.78, 5) is 12.8. The summed E-state index contributed by atoms with van der Waals surface area (Å²) in [5, 5.41) is 19.2. The number of nitrogens with one attached hydrogen (secondary N) is 2. The van der Waals surface area contributed by atoms with Crippen LogP contribution in [0.25, 0.3) is 5.69 Å². The minimum Gasteiger partial charge on any atom is -0.325 e. The molecule has 0 atom stereocenters. The van der Waals surface area contributed by atoms with E-state index in [9.17, 15) is 4.79 Å². The number of hydrogen-bond acceptors (Lipinski definition) is 4. The van der Waals surface area contributed by atoms with Crippen molar-refractivity contribution in [3.8, 4) is 5.69 Å². The van der Waals surface area contributed by atoms with Crippen LogP contribution in [0.1, 0.15) is 43.5 Å². The number of urea groups is 1. The maximum Gasteiger partial charge on any atom is 0.320 e. The first-order valence-electron chi connectivity index (χ1n) is 9.78. The first-order chi connectivity index (χ1) is 14.1. The lowest BCUT2D eigenvalue weighted by Crippen LogP contribution is -2.50. The smallest absolute Gasteiger partial charge is 0.320 e. The number of anilines is 1. The topological polar surface area (TPSA) is 84.7 Å². The highest BCUT2D eigenvalue weighted by atomic mass is 35.5. The monoisotopic (exact) mass is 410 g/mol. The Kier molecular flexibility index (Phi) is 5.49. The number of nitrogens with zero attached hydrogens (tertiary/aromatic N) is 4. The fraction of sp³-hybridized carbons (Fsp3) is 0.333. The van der Waals surface area contributed by atoms with Gasteiger partial charge in [0.15, 0.2) is 5.82 Å². The molecule has 0 spiro atoms. The van der Waals surface area contributed by atoms with Crippen molar-refractivity contribution in [3.63, 3.8) is 0 Å². The summed E-state index contributed by atoms with van der Waals surface area (Å²) < 4.78 is 1.70. The SMILES string of the molecule is Cc1c(Cl)cccc1-n1nnnc1C1(NC(=O)Nc2ccccc2)CCCCC1. The van der Waals surface area contributed by atoms with Gasteiger partial charge in [0.05, 0.1) is 5.69 Å². The lowest BCUT2D eigenvalue weighted by atomic mass is 9.81. The predicted octanol–water partition coefficient (Wildman–Crippen LogP) is 4.61. The van der Waals surface area contributed by atoms with Crippen LogP contribution in [0.3, 0.4) is 0 Å². The number of hydrogen-bond donors (Lipinski definition) is 2. The van der Waals surface area contributed by atoms with Crippen LogP contribution in [0.4, 0.5) is 10.5 Å². The van der Waals surface area contributed by atoms with Gasteiger partial charge in [-0.3, -0.25) is 0 Å². The number of para-hydroxylation sites is 1. The molecule has 0 bridgehead atoms. The van der Waals surface area contributed by atoms with Gasteiger partial charge in [-0.15, -0.1) is 5.10 Å². The molecule has 3 aromatic rings. The first-order valence-corrected chi connectivity index (χ1v) is 10.2. The summed E-state index contributed by atoms with van der Waals surface area (Å²) in [5.41, 5.74) is 1.80. The van der Waals surface area contributed by atoms with E-state index < -0.39 is 5.54 Å². The minimum absolute atomic E-state index is 0.268. The van der Waals surface area contributed by atoms with Gasteiger partial charge in [-0.2, -0.15) is 4.68 Å². The highest BCUT2D eigenvalue weighted by Crippen LogP contribution is 2.37. The van der Waals surface area contributed by atoms with Crippen molar-refractivity contribution in [2.45, 2.75) is 44.6 Å². The second-order valence-corrected chi connectivity index (χ2v) is 7.79. The van der Waals surface area contributed by atoms with Crippen LogP contribution in [-0.2, 0) is 5.54 Å². The summed E-state index contributed by atoms with van der Waals surface area (Å²) in [6.45, 7) is 1.94. The molecule has 1 saturated carbocycles. The maximum absolute atomic E-state index is 12.8. The third-order valence-corrected chi connectivity index (χ3v) is 5.87. The molecular formula is C21H23ClN6O. The van der Waals surface area contributed by atoms with Gasteiger partial charge in [0.25, 0.3) is 0 Å². The summed E-state index contributed by atoms with van der Waals surface area (Å²) in [5.74, 6) is 0.630. The normalized spacial score (nSPS) is 15.7. The molecule has 1 aliphatic carbocycles. The molecule has 29 heavy (non-hydrogen) atoms. The number of tetrazole rings is 1. The zero-order chi connectivity index (χ0) is 20.3. The molecule has 1 fully saturated rings. The Labute approximate surface area is 174 Å². The molecule has 2 aromatic carbocycles. The number of aromatic nitrogens is 4. The Hall–Kier alpha value is -2.93. The van der Waals surface area contributed by atoms with Crippen molar-refractivity contribution in [1.82, 2.24) is 25.5 Å². The molecule has 7 nitrogen and oxygen atoms in total. The Morgan fingerprint density at radius 2 is 1.83 bits per heavy atom. The van der Waals surface area contributed by atoms with Gasteiger partial charge in [-0.25, -0.2) is 4.79 Å². The number of carbonyl (C=O) groups excluding carboxylic acids is 1. The van der Waals surface area contributed by atoms with E-state index in [2.05, 4.69) is 26.2 Å². The van der Waals surface area contributed by atoms with Crippen molar-refractivity contribution in [2.24, 2.45) is 0 Å². The molecule has 0 aliphatic heterocycles. The number of amides is 2. The van der Waals surface area contributed by atoms with E-state index in [0.717, 1.165) is 49.0 Å². The molecule has 2 N–H and O–H groups in total. The van der Waals surface area contributed by atoms with Crippen molar-refractivity contribution in [1.29, 1.82) is 0 Å². The Morgan fingerprint density at radius 3 is 2.59 bits per heavy atom. The van der Waals surface area contributed by atoms with E-state index in [-0.39, 0.29) is 6.03 Å². The Bertz CT molecular complexity index is 997. The van der Waals surface area contributed by atoms with E-state index in [1.54, 1.807) is 4.68 Å². The summed E-state index contributed by atoms with van der Waals surface area (Å²) >= 11 is 6.32. The van der Waals surface area contributed by atoms with Gasteiger partial charge < -0.3 is 10.6 Å². The molecule has 4 rings (SSSR count). The summed E-state index contributed by atoms with van der Waals surface area (Å²) in [7, 11) is 0. The lowest BCUT2D eigenvalue weighted by Gasteiger charge is -2.36. The number of benzene rings is 2. The third kappa shape index (κ3) is 3.96. The average molecular weight is 411 g/mol. The van der Waals surface area contributed by atoms with Gasteiger partial charge in [-0.1, -0.05) is 55.1 Å². The first kappa shape index (κ1) is 19.4. The molecule has 0 unspecified atom stereocenters. The number of halogens is 1. The van der Waals surface area contributed by atoms with Crippen LogP contribution in [0, 0.1) is 6.92 Å². The van der Waals surface area contributed by atoms with Crippen LogP contribution >= 0.6 is 11.6 Å². The van der Waals surface area contributed by atoms with E-state index in [0.29, 0.717) is 10.8 Å². The molecule has 0 saturated heterocycles. The second kappa shape index (κ2) is 8.21. The average Bonchev–Trinajstić information content (AvgIpc) is 3.22. The molecular weight excluding hydrogens is 388 g/mol. The zero-order valence-electron chi connectivity index (χ0n) is 16.2.